The molecule has 0 aromatic rings. The van der Waals surface area contributed by atoms with E-state index in [1.807, 2.05) is 0 Å². The standard InChI is InChI=1S/C8H15NO3/c1-11-6-8(10)9-5-7-3-2-4-12-7/h7H,2-6H2,1H3,(H,9,10)/t7-/m1/s1. The SMILES string of the molecule is COCC(=O)NC[C@H]1CCCO1. The van der Waals surface area contributed by atoms with Gasteiger partial charge in [0.05, 0.1) is 6.10 Å². The van der Waals surface area contributed by atoms with Gasteiger partial charge in [-0.3, -0.25) is 4.79 Å². The maximum Gasteiger partial charge on any atom is 0.246 e. The second-order valence-electron chi connectivity index (χ2n) is 2.87. The number of hydrogen-bond donors (Lipinski definition) is 1. The molecule has 1 atom stereocenters. The van der Waals surface area contributed by atoms with E-state index in [1.165, 1.54) is 7.11 Å². The van der Waals surface area contributed by atoms with Crippen LogP contribution in [0.3, 0.4) is 0 Å². The lowest BCUT2D eigenvalue weighted by atomic mass is 10.2. The van der Waals surface area contributed by atoms with Crippen LogP contribution >= 0.6 is 0 Å². The molecule has 0 radical (unpaired) electrons. The lowest BCUT2D eigenvalue weighted by Gasteiger charge is -2.09. The molecule has 0 unspecified atom stereocenters. The van der Waals surface area contributed by atoms with Crippen molar-refractivity contribution < 1.29 is 14.3 Å². The van der Waals surface area contributed by atoms with Gasteiger partial charge in [-0.1, -0.05) is 0 Å². The summed E-state index contributed by atoms with van der Waals surface area (Å²) < 4.78 is 9.99. The molecular formula is C8H15NO3. The van der Waals surface area contributed by atoms with E-state index in [-0.39, 0.29) is 18.6 Å². The minimum absolute atomic E-state index is 0.0759. The van der Waals surface area contributed by atoms with Crippen molar-refractivity contribution in [3.8, 4) is 0 Å². The number of methoxy groups -OCH3 is 1. The Labute approximate surface area is 72.2 Å². The highest BCUT2D eigenvalue weighted by Crippen LogP contribution is 2.10. The highest BCUT2D eigenvalue weighted by atomic mass is 16.5. The molecule has 1 N–H and O–H groups in total. The molecule has 1 aliphatic rings. The first kappa shape index (κ1) is 9.48. The molecule has 4 heteroatoms. The summed E-state index contributed by atoms with van der Waals surface area (Å²) in [6.07, 6.45) is 2.36. The van der Waals surface area contributed by atoms with Crippen LogP contribution < -0.4 is 5.32 Å². The molecule has 1 heterocycles. The zero-order chi connectivity index (χ0) is 8.81. The predicted octanol–water partition coefficient (Wildman–Crippen LogP) is -0.0720. The Kier molecular flexibility index (Phi) is 4.04. The fourth-order valence-corrected chi connectivity index (χ4v) is 1.22. The first-order valence-corrected chi connectivity index (χ1v) is 4.20. The minimum atomic E-state index is -0.0759. The van der Waals surface area contributed by atoms with Gasteiger partial charge < -0.3 is 14.8 Å². The third-order valence-corrected chi connectivity index (χ3v) is 1.83. The summed E-state index contributed by atoms with van der Waals surface area (Å²) >= 11 is 0. The van der Waals surface area contributed by atoms with E-state index >= 15 is 0 Å². The van der Waals surface area contributed by atoms with Crippen LogP contribution in [0.2, 0.25) is 0 Å². The van der Waals surface area contributed by atoms with Crippen LogP contribution in [0.4, 0.5) is 0 Å². The smallest absolute Gasteiger partial charge is 0.246 e. The largest absolute Gasteiger partial charge is 0.376 e. The Bertz CT molecular complexity index is 143. The summed E-state index contributed by atoms with van der Waals surface area (Å²) in [7, 11) is 1.51. The second kappa shape index (κ2) is 5.11. The van der Waals surface area contributed by atoms with Crippen LogP contribution in [0.25, 0.3) is 0 Å². The predicted molar refractivity (Wildman–Crippen MR) is 43.9 cm³/mol. The van der Waals surface area contributed by atoms with Gasteiger partial charge in [0.25, 0.3) is 0 Å². The fourth-order valence-electron chi connectivity index (χ4n) is 1.22. The van der Waals surface area contributed by atoms with E-state index in [2.05, 4.69) is 10.1 Å². The molecule has 0 bridgehead atoms. The number of hydrogen-bond acceptors (Lipinski definition) is 3. The van der Waals surface area contributed by atoms with Gasteiger partial charge in [-0.25, -0.2) is 0 Å². The van der Waals surface area contributed by atoms with E-state index in [1.54, 1.807) is 0 Å². The summed E-state index contributed by atoms with van der Waals surface area (Å²) in [5, 5.41) is 2.74. The number of ether oxygens (including phenoxy) is 2. The van der Waals surface area contributed by atoms with Gasteiger partial charge in [-0.05, 0) is 12.8 Å². The normalized spacial score (nSPS) is 22.6. The second-order valence-corrected chi connectivity index (χ2v) is 2.87. The Morgan fingerprint density at radius 1 is 1.75 bits per heavy atom. The monoisotopic (exact) mass is 173 g/mol. The molecule has 0 saturated carbocycles. The Morgan fingerprint density at radius 2 is 2.58 bits per heavy atom. The molecule has 1 aliphatic heterocycles. The summed E-state index contributed by atoms with van der Waals surface area (Å²) in [5.41, 5.74) is 0. The van der Waals surface area contributed by atoms with Crippen molar-refractivity contribution in [3.63, 3.8) is 0 Å². The summed E-state index contributed by atoms with van der Waals surface area (Å²) in [6.45, 7) is 1.57. The van der Waals surface area contributed by atoms with Crippen molar-refractivity contribution in [2.45, 2.75) is 18.9 Å². The highest BCUT2D eigenvalue weighted by Gasteiger charge is 2.15. The van der Waals surface area contributed by atoms with Crippen LogP contribution in [-0.4, -0.2) is 38.9 Å². The van der Waals surface area contributed by atoms with Crippen LogP contribution in [0.1, 0.15) is 12.8 Å². The summed E-state index contributed by atoms with van der Waals surface area (Å²) in [6, 6.07) is 0. The van der Waals surface area contributed by atoms with E-state index in [9.17, 15) is 4.79 Å². The van der Waals surface area contributed by atoms with E-state index in [0.717, 1.165) is 19.4 Å². The zero-order valence-corrected chi connectivity index (χ0v) is 7.34. The minimum Gasteiger partial charge on any atom is -0.376 e. The zero-order valence-electron chi connectivity index (χ0n) is 7.34. The van der Waals surface area contributed by atoms with Gasteiger partial charge in [0.1, 0.15) is 6.61 Å². The molecule has 1 fully saturated rings. The van der Waals surface area contributed by atoms with Crippen molar-refractivity contribution >= 4 is 5.91 Å². The van der Waals surface area contributed by atoms with Crippen molar-refractivity contribution in [2.24, 2.45) is 0 Å². The van der Waals surface area contributed by atoms with Crippen LogP contribution in [-0.2, 0) is 14.3 Å². The molecule has 1 saturated heterocycles. The molecule has 4 nitrogen and oxygen atoms in total. The molecule has 12 heavy (non-hydrogen) atoms. The average molecular weight is 173 g/mol. The third kappa shape index (κ3) is 3.19. The quantitative estimate of drug-likeness (QED) is 0.647. The van der Waals surface area contributed by atoms with Gasteiger partial charge in [0.2, 0.25) is 5.91 Å². The maximum atomic E-state index is 10.9. The van der Waals surface area contributed by atoms with Crippen molar-refractivity contribution in [2.75, 3.05) is 26.9 Å². The molecule has 0 aromatic heterocycles. The number of carbonyl (C=O) groups excluding carboxylic acids is 1. The molecule has 0 spiro atoms. The average Bonchev–Trinajstić information content (AvgIpc) is 2.53. The van der Waals surface area contributed by atoms with Gasteiger partial charge in [-0.2, -0.15) is 0 Å². The Morgan fingerprint density at radius 3 is 3.17 bits per heavy atom. The molecule has 70 valence electrons. The summed E-state index contributed by atoms with van der Waals surface area (Å²) in [4.78, 5) is 10.9. The number of nitrogens with one attached hydrogen (secondary N) is 1. The van der Waals surface area contributed by atoms with Crippen molar-refractivity contribution in [3.05, 3.63) is 0 Å². The van der Waals surface area contributed by atoms with Gasteiger partial charge in [0.15, 0.2) is 0 Å². The van der Waals surface area contributed by atoms with Gasteiger partial charge in [-0.15, -0.1) is 0 Å². The van der Waals surface area contributed by atoms with Crippen molar-refractivity contribution in [1.82, 2.24) is 5.32 Å². The lowest BCUT2D eigenvalue weighted by Crippen LogP contribution is -2.33. The van der Waals surface area contributed by atoms with Crippen molar-refractivity contribution in [1.29, 1.82) is 0 Å². The molecular weight excluding hydrogens is 158 g/mol. The fraction of sp³-hybridized carbons (Fsp3) is 0.875. The van der Waals surface area contributed by atoms with Crippen LogP contribution in [0, 0.1) is 0 Å². The van der Waals surface area contributed by atoms with Gasteiger partial charge in [0, 0.05) is 20.3 Å². The first-order chi connectivity index (χ1) is 5.83. The van der Waals surface area contributed by atoms with E-state index in [0.29, 0.717) is 6.54 Å². The van der Waals surface area contributed by atoms with E-state index < -0.39 is 0 Å². The molecule has 0 aliphatic carbocycles. The maximum absolute atomic E-state index is 10.9. The van der Waals surface area contributed by atoms with Gasteiger partial charge >= 0.3 is 0 Å². The molecule has 0 aromatic carbocycles. The van der Waals surface area contributed by atoms with Crippen LogP contribution in [0.5, 0.6) is 0 Å². The van der Waals surface area contributed by atoms with Crippen LogP contribution in [0.15, 0.2) is 0 Å². The topological polar surface area (TPSA) is 47.6 Å². The van der Waals surface area contributed by atoms with E-state index in [4.69, 9.17) is 4.74 Å². The Balaban J connectivity index is 2.03. The number of rotatable bonds is 4. The third-order valence-electron chi connectivity index (χ3n) is 1.83. The molecule has 1 amide bonds. The summed E-state index contributed by atoms with van der Waals surface area (Å²) in [5.74, 6) is -0.0759. The molecule has 1 rings (SSSR count). The number of amides is 1. The Hall–Kier alpha value is -0.610. The number of carbonyl (C=O) groups is 1. The lowest BCUT2D eigenvalue weighted by molar-refractivity contribution is -0.125. The highest BCUT2D eigenvalue weighted by molar-refractivity contribution is 5.77. The first-order valence-electron chi connectivity index (χ1n) is 4.20.